The third kappa shape index (κ3) is 2.68. The van der Waals surface area contributed by atoms with Crippen LogP contribution in [-0.2, 0) is 14.8 Å². The molecule has 0 amide bonds. The average molecular weight is 241 g/mol. The van der Waals surface area contributed by atoms with Crippen LogP contribution >= 0.6 is 0 Å². The van der Waals surface area contributed by atoms with Gasteiger partial charge in [0.05, 0.1) is 4.90 Å². The Kier molecular flexibility index (Phi) is 3.83. The number of rotatable bonds is 4. The highest BCUT2D eigenvalue weighted by Gasteiger charge is 2.21. The molecule has 0 heterocycles. The quantitative estimate of drug-likeness (QED) is 0.865. The first-order chi connectivity index (χ1) is 7.38. The standard InChI is InChI=1S/C11H15NO3S/c1-3-10(13)8(2)9-6-4-5-7-11(9)16(12,14)15/h4-8H,3H2,1-2H3,(H2,12,14,15). The summed E-state index contributed by atoms with van der Waals surface area (Å²) in [7, 11) is -3.77. The molecule has 0 spiro atoms. The molecule has 5 heteroatoms. The van der Waals surface area contributed by atoms with Crippen molar-refractivity contribution in [3.05, 3.63) is 29.8 Å². The third-order valence-corrected chi connectivity index (χ3v) is 3.51. The summed E-state index contributed by atoms with van der Waals surface area (Å²) in [4.78, 5) is 11.6. The predicted octanol–water partition coefficient (Wildman–Crippen LogP) is 1.42. The molecule has 1 aromatic carbocycles. The lowest BCUT2D eigenvalue weighted by molar-refractivity contribution is -0.119. The highest BCUT2D eigenvalue weighted by Crippen LogP contribution is 2.24. The lowest BCUT2D eigenvalue weighted by atomic mass is 9.95. The highest BCUT2D eigenvalue weighted by atomic mass is 32.2. The molecular formula is C11H15NO3S. The highest BCUT2D eigenvalue weighted by molar-refractivity contribution is 7.89. The van der Waals surface area contributed by atoms with Crippen molar-refractivity contribution >= 4 is 15.8 Å². The average Bonchev–Trinajstić information content (AvgIpc) is 2.26. The summed E-state index contributed by atoms with van der Waals surface area (Å²) in [6.07, 6.45) is 0.375. The molecule has 1 atom stereocenters. The molecule has 0 fully saturated rings. The van der Waals surface area contributed by atoms with Crippen LogP contribution in [0.1, 0.15) is 31.7 Å². The summed E-state index contributed by atoms with van der Waals surface area (Å²) in [5, 5.41) is 5.10. The molecule has 0 aliphatic heterocycles. The second-order valence-electron chi connectivity index (χ2n) is 3.62. The summed E-state index contributed by atoms with van der Waals surface area (Å²) >= 11 is 0. The van der Waals surface area contributed by atoms with Gasteiger partial charge in [-0.3, -0.25) is 4.79 Å². The number of nitrogens with two attached hydrogens (primary N) is 1. The van der Waals surface area contributed by atoms with Crippen LogP contribution in [0.4, 0.5) is 0 Å². The predicted molar refractivity (Wildman–Crippen MR) is 61.5 cm³/mol. The maximum atomic E-state index is 11.6. The second kappa shape index (κ2) is 4.76. The van der Waals surface area contributed by atoms with E-state index in [1.165, 1.54) is 6.07 Å². The van der Waals surface area contributed by atoms with Crippen LogP contribution in [-0.4, -0.2) is 14.2 Å². The van der Waals surface area contributed by atoms with Crippen LogP contribution < -0.4 is 5.14 Å². The van der Waals surface area contributed by atoms with Gasteiger partial charge in [0.15, 0.2) is 0 Å². The van der Waals surface area contributed by atoms with Crippen LogP contribution in [0.25, 0.3) is 0 Å². The van der Waals surface area contributed by atoms with Crippen molar-refractivity contribution in [1.82, 2.24) is 0 Å². The van der Waals surface area contributed by atoms with Crippen LogP contribution in [0.3, 0.4) is 0 Å². The van der Waals surface area contributed by atoms with Crippen molar-refractivity contribution in [2.24, 2.45) is 5.14 Å². The van der Waals surface area contributed by atoms with Gasteiger partial charge >= 0.3 is 0 Å². The van der Waals surface area contributed by atoms with E-state index in [9.17, 15) is 13.2 Å². The van der Waals surface area contributed by atoms with Crippen molar-refractivity contribution in [2.75, 3.05) is 0 Å². The Morgan fingerprint density at radius 1 is 1.38 bits per heavy atom. The van der Waals surface area contributed by atoms with E-state index in [0.717, 1.165) is 0 Å². The smallest absolute Gasteiger partial charge is 0.238 e. The van der Waals surface area contributed by atoms with E-state index < -0.39 is 15.9 Å². The van der Waals surface area contributed by atoms with E-state index in [-0.39, 0.29) is 10.7 Å². The molecule has 2 N–H and O–H groups in total. The molecule has 16 heavy (non-hydrogen) atoms. The van der Waals surface area contributed by atoms with Crippen molar-refractivity contribution in [2.45, 2.75) is 31.1 Å². The monoisotopic (exact) mass is 241 g/mol. The van der Waals surface area contributed by atoms with Gasteiger partial charge in [-0.2, -0.15) is 0 Å². The van der Waals surface area contributed by atoms with Crippen LogP contribution in [0, 0.1) is 0 Å². The fraction of sp³-hybridized carbons (Fsp3) is 0.364. The molecule has 0 aliphatic rings. The number of carbonyl (C=O) groups excluding carboxylic acids is 1. The zero-order valence-electron chi connectivity index (χ0n) is 9.30. The maximum Gasteiger partial charge on any atom is 0.238 e. The van der Waals surface area contributed by atoms with Crippen LogP contribution in [0.15, 0.2) is 29.2 Å². The first-order valence-corrected chi connectivity index (χ1v) is 6.57. The molecule has 0 saturated carbocycles. The molecule has 1 unspecified atom stereocenters. The van der Waals surface area contributed by atoms with Crippen molar-refractivity contribution in [3.63, 3.8) is 0 Å². The van der Waals surface area contributed by atoms with Crippen molar-refractivity contribution < 1.29 is 13.2 Å². The Hall–Kier alpha value is -1.20. The summed E-state index contributed by atoms with van der Waals surface area (Å²) in [6, 6.07) is 6.33. The van der Waals surface area contributed by atoms with Gasteiger partial charge in [-0.1, -0.05) is 32.0 Å². The summed E-state index contributed by atoms with van der Waals surface area (Å²) < 4.78 is 22.7. The van der Waals surface area contributed by atoms with E-state index in [1.54, 1.807) is 32.0 Å². The van der Waals surface area contributed by atoms with Gasteiger partial charge in [0.25, 0.3) is 0 Å². The molecule has 0 aromatic heterocycles. The minimum absolute atomic E-state index is 0.00361. The fourth-order valence-corrected chi connectivity index (χ4v) is 2.42. The van der Waals surface area contributed by atoms with Gasteiger partial charge in [-0.15, -0.1) is 0 Å². The fourth-order valence-electron chi connectivity index (χ4n) is 1.58. The number of ketones is 1. The van der Waals surface area contributed by atoms with Crippen molar-refractivity contribution in [3.8, 4) is 0 Å². The minimum atomic E-state index is -3.77. The van der Waals surface area contributed by atoms with E-state index in [2.05, 4.69) is 0 Å². The van der Waals surface area contributed by atoms with E-state index in [1.807, 2.05) is 0 Å². The summed E-state index contributed by atoms with van der Waals surface area (Å²) in [6.45, 7) is 3.44. The molecule has 88 valence electrons. The largest absolute Gasteiger partial charge is 0.299 e. The molecule has 1 rings (SSSR count). The lowest BCUT2D eigenvalue weighted by Crippen LogP contribution is -2.18. The van der Waals surface area contributed by atoms with Crippen LogP contribution in [0.5, 0.6) is 0 Å². The Bertz CT molecular complexity index is 494. The SMILES string of the molecule is CCC(=O)C(C)c1ccccc1S(N)(=O)=O. The number of hydrogen-bond acceptors (Lipinski definition) is 3. The maximum absolute atomic E-state index is 11.6. The Morgan fingerprint density at radius 2 is 1.94 bits per heavy atom. The van der Waals surface area contributed by atoms with Gasteiger partial charge < -0.3 is 0 Å². The zero-order valence-corrected chi connectivity index (χ0v) is 10.1. The Morgan fingerprint density at radius 3 is 2.44 bits per heavy atom. The van der Waals surface area contributed by atoms with Gasteiger partial charge in [0.2, 0.25) is 10.0 Å². The summed E-state index contributed by atoms with van der Waals surface area (Å²) in [5.74, 6) is -0.448. The van der Waals surface area contributed by atoms with Crippen molar-refractivity contribution in [1.29, 1.82) is 0 Å². The summed E-state index contributed by atoms with van der Waals surface area (Å²) in [5.41, 5.74) is 0.469. The first-order valence-electron chi connectivity index (χ1n) is 5.02. The van der Waals surface area contributed by atoms with Gasteiger partial charge in [-0.05, 0) is 11.6 Å². The van der Waals surface area contributed by atoms with E-state index >= 15 is 0 Å². The normalized spacial score (nSPS) is 13.4. The number of carbonyl (C=O) groups is 1. The van der Waals surface area contributed by atoms with Gasteiger partial charge in [-0.25, -0.2) is 13.6 Å². The molecule has 0 bridgehead atoms. The molecular weight excluding hydrogens is 226 g/mol. The molecule has 0 radical (unpaired) electrons. The number of sulfonamides is 1. The lowest BCUT2D eigenvalue weighted by Gasteiger charge is -2.13. The second-order valence-corrected chi connectivity index (χ2v) is 5.15. The number of primary sulfonamides is 1. The number of hydrogen-bond donors (Lipinski definition) is 1. The molecule has 0 aliphatic carbocycles. The van der Waals surface area contributed by atoms with Crippen LogP contribution in [0.2, 0.25) is 0 Å². The minimum Gasteiger partial charge on any atom is -0.299 e. The number of benzene rings is 1. The zero-order chi connectivity index (χ0) is 12.3. The van der Waals surface area contributed by atoms with Gasteiger partial charge in [0.1, 0.15) is 5.78 Å². The molecule has 0 saturated heterocycles. The first kappa shape index (κ1) is 12.9. The van der Waals surface area contributed by atoms with E-state index in [0.29, 0.717) is 12.0 Å². The number of Topliss-reactive ketones (excluding diaryl/α,β-unsaturated/α-hetero) is 1. The molecule has 1 aromatic rings. The van der Waals surface area contributed by atoms with Gasteiger partial charge in [0, 0.05) is 12.3 Å². The Labute approximate surface area is 95.5 Å². The molecule has 4 nitrogen and oxygen atoms in total. The Balaban J connectivity index is 3.30. The topological polar surface area (TPSA) is 77.2 Å². The van der Waals surface area contributed by atoms with E-state index in [4.69, 9.17) is 5.14 Å². The third-order valence-electron chi connectivity index (χ3n) is 2.52.